The third-order valence-corrected chi connectivity index (χ3v) is 2.68. The highest BCUT2D eigenvalue weighted by Gasteiger charge is 2.10. The number of hydrogen-bond acceptors (Lipinski definition) is 2. The van der Waals surface area contributed by atoms with Gasteiger partial charge in [-0.3, -0.25) is 0 Å². The van der Waals surface area contributed by atoms with Crippen molar-refractivity contribution >= 4 is 5.57 Å². The van der Waals surface area contributed by atoms with Crippen molar-refractivity contribution in [3.63, 3.8) is 0 Å². The summed E-state index contributed by atoms with van der Waals surface area (Å²) >= 11 is 0. The fourth-order valence-electron chi connectivity index (χ4n) is 2.11. The number of benzene rings is 1. The smallest absolute Gasteiger partial charge is 0.116 e. The van der Waals surface area contributed by atoms with Gasteiger partial charge in [0.1, 0.15) is 5.75 Å². The minimum atomic E-state index is -0.325. The zero-order chi connectivity index (χ0) is 13.1. The summed E-state index contributed by atoms with van der Waals surface area (Å²) in [4.78, 5) is 0. The molecule has 3 heteroatoms. The van der Waals surface area contributed by atoms with Crippen LogP contribution in [-0.2, 0) is 0 Å². The second-order valence-corrected chi connectivity index (χ2v) is 4.89. The van der Waals surface area contributed by atoms with E-state index in [1.54, 1.807) is 26.2 Å². The largest absolute Gasteiger partial charge is 0.633 e. The molecular weight excluding hydrogens is 214 g/mol. The van der Waals surface area contributed by atoms with E-state index in [1.807, 2.05) is 19.1 Å². The van der Waals surface area contributed by atoms with Crippen LogP contribution >= 0.6 is 0 Å². The maximum Gasteiger partial charge on any atom is 0.116 e. The van der Waals surface area contributed by atoms with Crippen molar-refractivity contribution in [3.05, 3.63) is 40.6 Å². The van der Waals surface area contributed by atoms with E-state index in [9.17, 15) is 10.3 Å². The molecule has 94 valence electrons. The van der Waals surface area contributed by atoms with Gasteiger partial charge in [0.2, 0.25) is 0 Å². The summed E-state index contributed by atoms with van der Waals surface area (Å²) in [7, 11) is 3.28. The Hall–Kier alpha value is -1.32. The molecule has 1 N–H and O–H groups in total. The first-order valence-corrected chi connectivity index (χ1v) is 5.85. The number of nitrogens with zero attached hydrogens (tertiary/aromatic N) is 1. The number of hydrogen-bond donors (Lipinski definition) is 1. The number of likely N-dealkylation sites (N-methyl/N-ethyl adjacent to an activating group) is 1. The Bertz CT molecular complexity index is 416. The van der Waals surface area contributed by atoms with Crippen molar-refractivity contribution in [3.8, 4) is 5.75 Å². The first-order valence-electron chi connectivity index (χ1n) is 5.85. The molecule has 1 rings (SSSR count). The van der Waals surface area contributed by atoms with E-state index >= 15 is 0 Å². The molecule has 0 saturated carbocycles. The molecule has 0 heterocycles. The minimum absolute atomic E-state index is 0.261. The van der Waals surface area contributed by atoms with E-state index in [2.05, 4.69) is 6.92 Å². The van der Waals surface area contributed by atoms with Gasteiger partial charge >= 0.3 is 0 Å². The van der Waals surface area contributed by atoms with Gasteiger partial charge in [0.05, 0.1) is 20.6 Å². The summed E-state index contributed by atoms with van der Waals surface area (Å²) in [6, 6.07) is 7.19. The Morgan fingerprint density at radius 3 is 2.47 bits per heavy atom. The second-order valence-electron chi connectivity index (χ2n) is 4.89. The van der Waals surface area contributed by atoms with Crippen molar-refractivity contribution in [2.45, 2.75) is 20.3 Å². The molecule has 0 fully saturated rings. The van der Waals surface area contributed by atoms with Gasteiger partial charge in [0.15, 0.2) is 0 Å². The van der Waals surface area contributed by atoms with Crippen molar-refractivity contribution in [2.75, 3.05) is 20.6 Å². The molecule has 0 atom stereocenters. The Balaban J connectivity index is 3.09. The molecule has 0 spiro atoms. The van der Waals surface area contributed by atoms with Crippen molar-refractivity contribution in [1.82, 2.24) is 0 Å². The third kappa shape index (κ3) is 4.21. The molecular formula is C14H21NO2. The number of rotatable bonds is 4. The van der Waals surface area contributed by atoms with E-state index in [0.717, 1.165) is 23.1 Å². The van der Waals surface area contributed by atoms with Crippen LogP contribution in [0, 0.1) is 5.21 Å². The standard InChI is InChI=1S/C14H21NO2/c1-5-14(11(2)10-15(3,4)17)12-7-6-8-13(16)9-12/h6-9,16H,5,10H2,1-4H3/b14-11-. The number of phenolic OH excluding ortho intramolecular Hbond substituents is 1. The molecule has 0 aliphatic heterocycles. The summed E-state index contributed by atoms with van der Waals surface area (Å²) in [5, 5.41) is 21.2. The molecule has 17 heavy (non-hydrogen) atoms. The lowest BCUT2D eigenvalue weighted by molar-refractivity contribution is -0.834. The zero-order valence-corrected chi connectivity index (χ0v) is 11.0. The van der Waals surface area contributed by atoms with Crippen LogP contribution in [-0.4, -0.2) is 30.4 Å². The maximum atomic E-state index is 11.7. The first-order chi connectivity index (χ1) is 7.83. The third-order valence-electron chi connectivity index (χ3n) is 2.68. The molecule has 1 aromatic rings. The second kappa shape index (κ2) is 5.34. The molecule has 0 aromatic heterocycles. The van der Waals surface area contributed by atoms with Gasteiger partial charge in [-0.1, -0.05) is 19.1 Å². The monoisotopic (exact) mass is 235 g/mol. The van der Waals surface area contributed by atoms with E-state index in [1.165, 1.54) is 0 Å². The van der Waals surface area contributed by atoms with Gasteiger partial charge in [0.25, 0.3) is 0 Å². The summed E-state index contributed by atoms with van der Waals surface area (Å²) in [5.74, 6) is 0.261. The molecule has 0 radical (unpaired) electrons. The molecule has 0 aliphatic carbocycles. The predicted octanol–water partition coefficient (Wildman–Crippen LogP) is 3.15. The van der Waals surface area contributed by atoms with E-state index in [0.29, 0.717) is 6.54 Å². The maximum absolute atomic E-state index is 11.7. The zero-order valence-electron chi connectivity index (χ0n) is 11.0. The topological polar surface area (TPSA) is 43.3 Å². The fourth-order valence-corrected chi connectivity index (χ4v) is 2.11. The van der Waals surface area contributed by atoms with Crippen LogP contribution in [0.4, 0.5) is 0 Å². The Morgan fingerprint density at radius 2 is 2.00 bits per heavy atom. The van der Waals surface area contributed by atoms with Gasteiger partial charge in [-0.25, -0.2) is 0 Å². The van der Waals surface area contributed by atoms with Crippen molar-refractivity contribution in [1.29, 1.82) is 0 Å². The summed E-state index contributed by atoms with van der Waals surface area (Å²) in [6.45, 7) is 4.52. The van der Waals surface area contributed by atoms with E-state index in [4.69, 9.17) is 0 Å². The van der Waals surface area contributed by atoms with Gasteiger partial charge in [-0.05, 0) is 42.2 Å². The van der Waals surface area contributed by atoms with Crippen LogP contribution in [0.25, 0.3) is 5.57 Å². The summed E-state index contributed by atoms with van der Waals surface area (Å²) in [5.41, 5.74) is 3.22. The first kappa shape index (κ1) is 13.7. The van der Waals surface area contributed by atoms with Crippen molar-refractivity contribution in [2.24, 2.45) is 0 Å². The summed E-state index contributed by atoms with van der Waals surface area (Å²) < 4.78 is -0.325. The quantitative estimate of drug-likeness (QED) is 0.643. The summed E-state index contributed by atoms with van der Waals surface area (Å²) in [6.07, 6.45) is 0.856. The number of hydroxylamine groups is 3. The number of allylic oxidation sites excluding steroid dienone is 1. The lowest BCUT2D eigenvalue weighted by atomic mass is 9.98. The lowest BCUT2D eigenvalue weighted by Gasteiger charge is -2.34. The molecule has 0 unspecified atom stereocenters. The van der Waals surface area contributed by atoms with Crippen LogP contribution < -0.4 is 0 Å². The Morgan fingerprint density at radius 1 is 1.35 bits per heavy atom. The van der Waals surface area contributed by atoms with Crippen LogP contribution in [0.3, 0.4) is 0 Å². The molecule has 0 amide bonds. The average Bonchev–Trinajstić information content (AvgIpc) is 2.15. The van der Waals surface area contributed by atoms with E-state index < -0.39 is 0 Å². The highest BCUT2D eigenvalue weighted by atomic mass is 16.5. The number of quaternary nitrogens is 1. The SMILES string of the molecule is CC/C(=C(\C)C[N+](C)(C)[O-])c1cccc(O)c1. The molecule has 3 nitrogen and oxygen atoms in total. The van der Waals surface area contributed by atoms with Gasteiger partial charge in [-0.15, -0.1) is 0 Å². The lowest BCUT2D eigenvalue weighted by Crippen LogP contribution is -2.34. The predicted molar refractivity (Wildman–Crippen MR) is 71.3 cm³/mol. The van der Waals surface area contributed by atoms with Crippen LogP contribution in [0.5, 0.6) is 5.75 Å². The van der Waals surface area contributed by atoms with Crippen molar-refractivity contribution < 1.29 is 9.75 Å². The van der Waals surface area contributed by atoms with Gasteiger partial charge in [-0.2, -0.15) is 0 Å². The Labute approximate surface area is 103 Å². The number of aromatic hydroxyl groups is 1. The molecule has 0 bridgehead atoms. The highest BCUT2D eigenvalue weighted by Crippen LogP contribution is 2.25. The molecule has 1 aromatic carbocycles. The number of phenols is 1. The molecule has 0 saturated heterocycles. The van der Waals surface area contributed by atoms with Crippen LogP contribution in [0.1, 0.15) is 25.8 Å². The highest BCUT2D eigenvalue weighted by molar-refractivity contribution is 5.69. The van der Waals surface area contributed by atoms with Gasteiger partial charge in [0, 0.05) is 0 Å². The minimum Gasteiger partial charge on any atom is -0.633 e. The molecule has 0 aliphatic rings. The van der Waals surface area contributed by atoms with Crippen LogP contribution in [0.2, 0.25) is 0 Å². The average molecular weight is 235 g/mol. The van der Waals surface area contributed by atoms with E-state index in [-0.39, 0.29) is 10.4 Å². The Kier molecular flexibility index (Phi) is 4.32. The normalized spacial score (nSPS) is 13.5. The fraction of sp³-hybridized carbons (Fsp3) is 0.429. The van der Waals surface area contributed by atoms with Crippen LogP contribution in [0.15, 0.2) is 29.8 Å². The van der Waals surface area contributed by atoms with Gasteiger partial charge < -0.3 is 15.0 Å².